The lowest BCUT2D eigenvalue weighted by Gasteiger charge is -2.15. The van der Waals surface area contributed by atoms with Gasteiger partial charge in [-0.3, -0.25) is 4.79 Å². The van der Waals surface area contributed by atoms with Crippen LogP contribution in [0.25, 0.3) is 11.3 Å². The molecular formula is C14H12ClFN2O2. The number of hydrogen-bond acceptors (Lipinski definition) is 3. The Bertz CT molecular complexity index is 634. The van der Waals surface area contributed by atoms with E-state index in [1.807, 2.05) is 0 Å². The van der Waals surface area contributed by atoms with Gasteiger partial charge >= 0.3 is 0 Å². The third-order valence-electron chi connectivity index (χ3n) is 2.77. The van der Waals surface area contributed by atoms with Crippen LogP contribution in [-0.4, -0.2) is 18.1 Å². The van der Waals surface area contributed by atoms with Crippen LogP contribution in [0.15, 0.2) is 35.4 Å². The molecule has 0 fully saturated rings. The van der Waals surface area contributed by atoms with E-state index < -0.39 is 5.82 Å². The Hall–Kier alpha value is -2.14. The standard InChI is InChI=1S/C14H12ClFN2O2/c1-3-7-18(8-19)14-9(2)20-17-13(14)12-10(15)5-4-6-11(12)16/h3-6,8H,1,7H2,2H3. The van der Waals surface area contributed by atoms with Gasteiger partial charge in [0.15, 0.2) is 5.76 Å². The number of rotatable bonds is 5. The third kappa shape index (κ3) is 2.44. The molecule has 0 atom stereocenters. The normalized spacial score (nSPS) is 10.3. The predicted molar refractivity (Wildman–Crippen MR) is 75.3 cm³/mol. The first-order chi connectivity index (χ1) is 9.60. The van der Waals surface area contributed by atoms with E-state index in [0.717, 1.165) is 0 Å². The summed E-state index contributed by atoms with van der Waals surface area (Å²) in [6.45, 7) is 5.47. The molecule has 0 aliphatic rings. The molecule has 0 radical (unpaired) electrons. The van der Waals surface area contributed by atoms with Gasteiger partial charge in [0, 0.05) is 6.54 Å². The number of carbonyl (C=O) groups excluding carboxylic acids is 1. The van der Waals surface area contributed by atoms with Gasteiger partial charge in [-0.05, 0) is 19.1 Å². The van der Waals surface area contributed by atoms with Crippen LogP contribution < -0.4 is 4.90 Å². The van der Waals surface area contributed by atoms with Crippen LogP contribution in [0.1, 0.15) is 5.76 Å². The average Bonchev–Trinajstić information content (AvgIpc) is 2.78. The van der Waals surface area contributed by atoms with Crippen LogP contribution in [0.5, 0.6) is 0 Å². The topological polar surface area (TPSA) is 46.3 Å². The van der Waals surface area contributed by atoms with Crippen molar-refractivity contribution in [3.63, 3.8) is 0 Å². The van der Waals surface area contributed by atoms with E-state index in [1.165, 1.54) is 17.0 Å². The molecule has 1 heterocycles. The molecule has 0 spiro atoms. The van der Waals surface area contributed by atoms with Crippen molar-refractivity contribution in [2.24, 2.45) is 0 Å². The van der Waals surface area contributed by atoms with Gasteiger partial charge < -0.3 is 9.42 Å². The fourth-order valence-electron chi connectivity index (χ4n) is 1.92. The predicted octanol–water partition coefficient (Wildman–Crippen LogP) is 3.59. The van der Waals surface area contributed by atoms with Gasteiger partial charge in [0.2, 0.25) is 6.41 Å². The molecule has 4 nitrogen and oxygen atoms in total. The van der Waals surface area contributed by atoms with Crippen molar-refractivity contribution in [2.45, 2.75) is 6.92 Å². The Balaban J connectivity index is 2.64. The monoisotopic (exact) mass is 294 g/mol. The molecule has 6 heteroatoms. The second kappa shape index (κ2) is 5.88. The SMILES string of the molecule is C=CCN(C=O)c1c(-c2c(F)cccc2Cl)noc1C. The minimum atomic E-state index is -0.531. The first-order valence-electron chi connectivity index (χ1n) is 5.83. The average molecular weight is 295 g/mol. The number of hydrogen-bond donors (Lipinski definition) is 0. The van der Waals surface area contributed by atoms with E-state index >= 15 is 0 Å². The van der Waals surface area contributed by atoms with E-state index in [9.17, 15) is 9.18 Å². The quantitative estimate of drug-likeness (QED) is 0.625. The summed E-state index contributed by atoms with van der Waals surface area (Å²) in [4.78, 5) is 12.5. The zero-order valence-electron chi connectivity index (χ0n) is 10.8. The Morgan fingerprint density at radius 1 is 1.55 bits per heavy atom. The number of anilines is 1. The lowest BCUT2D eigenvalue weighted by Crippen LogP contribution is -2.21. The van der Waals surface area contributed by atoms with Gasteiger partial charge in [0.25, 0.3) is 0 Å². The van der Waals surface area contributed by atoms with Crippen molar-refractivity contribution in [2.75, 3.05) is 11.4 Å². The lowest BCUT2D eigenvalue weighted by atomic mass is 10.1. The van der Waals surface area contributed by atoms with Crippen LogP contribution in [0.2, 0.25) is 5.02 Å². The van der Waals surface area contributed by atoms with Crippen LogP contribution in [0.3, 0.4) is 0 Å². The zero-order chi connectivity index (χ0) is 14.7. The van der Waals surface area contributed by atoms with E-state index in [1.54, 1.807) is 19.1 Å². The van der Waals surface area contributed by atoms with Gasteiger partial charge in [0.1, 0.15) is 17.2 Å². The smallest absolute Gasteiger partial charge is 0.214 e. The number of amides is 1. The lowest BCUT2D eigenvalue weighted by molar-refractivity contribution is -0.107. The Morgan fingerprint density at radius 2 is 2.30 bits per heavy atom. The number of carbonyl (C=O) groups is 1. The molecule has 1 amide bonds. The first-order valence-corrected chi connectivity index (χ1v) is 6.21. The molecule has 0 saturated heterocycles. The van der Waals surface area contributed by atoms with Crippen molar-refractivity contribution < 1.29 is 13.7 Å². The van der Waals surface area contributed by atoms with Crippen molar-refractivity contribution in [3.05, 3.63) is 47.5 Å². The van der Waals surface area contributed by atoms with Crippen molar-refractivity contribution in [1.82, 2.24) is 5.16 Å². The number of halogens is 2. The molecule has 2 aromatic rings. The first kappa shape index (κ1) is 14.3. The molecule has 0 saturated carbocycles. The second-order valence-electron chi connectivity index (χ2n) is 4.08. The number of aromatic nitrogens is 1. The number of aryl methyl sites for hydroxylation is 1. The summed E-state index contributed by atoms with van der Waals surface area (Å²) < 4.78 is 19.1. The molecule has 0 N–H and O–H groups in total. The van der Waals surface area contributed by atoms with E-state index in [0.29, 0.717) is 17.9 Å². The largest absolute Gasteiger partial charge is 0.359 e. The summed E-state index contributed by atoms with van der Waals surface area (Å²) >= 11 is 6.02. The second-order valence-corrected chi connectivity index (χ2v) is 4.49. The maximum atomic E-state index is 14.0. The minimum absolute atomic E-state index is 0.108. The van der Waals surface area contributed by atoms with Crippen LogP contribution in [0, 0.1) is 12.7 Å². The van der Waals surface area contributed by atoms with Crippen molar-refractivity contribution in [3.8, 4) is 11.3 Å². The molecule has 20 heavy (non-hydrogen) atoms. The summed E-state index contributed by atoms with van der Waals surface area (Å²) in [5.41, 5.74) is 0.684. The van der Waals surface area contributed by atoms with Gasteiger partial charge in [-0.1, -0.05) is 28.9 Å². The number of benzene rings is 1. The maximum absolute atomic E-state index is 14.0. The highest BCUT2D eigenvalue weighted by atomic mass is 35.5. The third-order valence-corrected chi connectivity index (χ3v) is 3.09. The molecule has 2 rings (SSSR count). The van der Waals surface area contributed by atoms with E-state index in [4.69, 9.17) is 16.1 Å². The summed E-state index contributed by atoms with van der Waals surface area (Å²) in [7, 11) is 0. The highest BCUT2D eigenvalue weighted by Crippen LogP contribution is 2.37. The molecule has 104 valence electrons. The molecule has 0 aliphatic heterocycles. The summed E-state index contributed by atoms with van der Waals surface area (Å²) in [5, 5.41) is 4.02. The van der Waals surface area contributed by atoms with Crippen LogP contribution >= 0.6 is 11.6 Å². The van der Waals surface area contributed by atoms with Crippen molar-refractivity contribution >= 4 is 23.7 Å². The maximum Gasteiger partial charge on any atom is 0.214 e. The minimum Gasteiger partial charge on any atom is -0.359 e. The molecule has 0 unspecified atom stereocenters. The molecule has 0 aliphatic carbocycles. The van der Waals surface area contributed by atoms with Crippen LogP contribution in [-0.2, 0) is 4.79 Å². The fourth-order valence-corrected chi connectivity index (χ4v) is 2.17. The van der Waals surface area contributed by atoms with Gasteiger partial charge in [0.05, 0.1) is 10.6 Å². The van der Waals surface area contributed by atoms with E-state index in [2.05, 4.69) is 11.7 Å². The molecule has 1 aromatic heterocycles. The van der Waals surface area contributed by atoms with Gasteiger partial charge in [-0.2, -0.15) is 0 Å². The fraction of sp³-hybridized carbons (Fsp3) is 0.143. The van der Waals surface area contributed by atoms with Gasteiger partial charge in [-0.15, -0.1) is 6.58 Å². The summed E-state index contributed by atoms with van der Waals surface area (Å²) in [5.74, 6) is -0.134. The zero-order valence-corrected chi connectivity index (χ0v) is 11.5. The Labute approximate surface area is 120 Å². The van der Waals surface area contributed by atoms with Crippen molar-refractivity contribution in [1.29, 1.82) is 0 Å². The van der Waals surface area contributed by atoms with E-state index in [-0.39, 0.29) is 22.8 Å². The Kier molecular flexibility index (Phi) is 4.20. The molecule has 1 aromatic carbocycles. The molecule has 0 bridgehead atoms. The highest BCUT2D eigenvalue weighted by molar-refractivity contribution is 6.33. The Morgan fingerprint density at radius 3 is 2.90 bits per heavy atom. The van der Waals surface area contributed by atoms with Crippen LogP contribution in [0.4, 0.5) is 10.1 Å². The van der Waals surface area contributed by atoms with Gasteiger partial charge in [-0.25, -0.2) is 4.39 Å². The number of nitrogens with zero attached hydrogens (tertiary/aromatic N) is 2. The molecular weight excluding hydrogens is 283 g/mol. The summed E-state index contributed by atoms with van der Waals surface area (Å²) in [6.07, 6.45) is 2.16. The summed E-state index contributed by atoms with van der Waals surface area (Å²) in [6, 6.07) is 4.31. The highest BCUT2D eigenvalue weighted by Gasteiger charge is 2.23.